The molecule has 7 nitrogen and oxygen atoms in total. The van der Waals surface area contributed by atoms with E-state index in [1.165, 1.54) is 6.92 Å². The number of amides is 1. The first kappa shape index (κ1) is 22.5. The molecule has 0 aromatic heterocycles. The zero-order chi connectivity index (χ0) is 18.1. The van der Waals surface area contributed by atoms with Crippen molar-refractivity contribution >= 4 is 41.5 Å². The summed E-state index contributed by atoms with van der Waals surface area (Å²) in [6.07, 6.45) is 2.47. The van der Waals surface area contributed by atoms with Crippen LogP contribution in [0.2, 0.25) is 0 Å². The maximum atomic E-state index is 11.3. The Hall–Kier alpha value is -1.55. The first-order valence-electron chi connectivity index (χ1n) is 8.70. The minimum atomic E-state index is -0.134. The Labute approximate surface area is 172 Å². The van der Waals surface area contributed by atoms with Crippen LogP contribution in [0.4, 0.5) is 5.69 Å². The summed E-state index contributed by atoms with van der Waals surface area (Å²) in [6.45, 7) is 6.39. The van der Waals surface area contributed by atoms with E-state index in [4.69, 9.17) is 9.47 Å². The number of anilines is 1. The fraction of sp³-hybridized carbons (Fsp3) is 0.556. The van der Waals surface area contributed by atoms with Gasteiger partial charge in [0.25, 0.3) is 0 Å². The van der Waals surface area contributed by atoms with Crippen LogP contribution in [0.15, 0.2) is 23.2 Å². The number of hydrogen-bond acceptors (Lipinski definition) is 4. The molecule has 0 bridgehead atoms. The first-order chi connectivity index (χ1) is 12.1. The summed E-state index contributed by atoms with van der Waals surface area (Å²) in [6, 6.07) is 5.66. The third-order valence-corrected chi connectivity index (χ3v) is 3.86. The zero-order valence-electron chi connectivity index (χ0n) is 15.6. The summed E-state index contributed by atoms with van der Waals surface area (Å²) in [4.78, 5) is 15.9. The maximum absolute atomic E-state index is 11.3. The van der Waals surface area contributed by atoms with E-state index in [-0.39, 0.29) is 36.0 Å². The summed E-state index contributed by atoms with van der Waals surface area (Å²) in [5.41, 5.74) is 1.64. The van der Waals surface area contributed by atoms with Crippen LogP contribution in [0.3, 0.4) is 0 Å². The van der Waals surface area contributed by atoms with Crippen LogP contribution in [-0.4, -0.2) is 44.8 Å². The van der Waals surface area contributed by atoms with Gasteiger partial charge in [0.2, 0.25) is 5.91 Å². The number of nitrogens with one attached hydrogen (secondary N) is 3. The van der Waals surface area contributed by atoms with Crippen LogP contribution in [0, 0.1) is 0 Å². The van der Waals surface area contributed by atoms with E-state index < -0.39 is 0 Å². The Kier molecular flexibility index (Phi) is 10.3. The largest absolute Gasteiger partial charge is 0.495 e. The van der Waals surface area contributed by atoms with Crippen molar-refractivity contribution in [3.8, 4) is 5.75 Å². The summed E-state index contributed by atoms with van der Waals surface area (Å²) in [5.74, 6) is 1.26. The molecule has 1 atom stereocenters. The summed E-state index contributed by atoms with van der Waals surface area (Å²) in [7, 11) is 1.58. The highest BCUT2D eigenvalue weighted by molar-refractivity contribution is 14.0. The molecule has 1 aromatic carbocycles. The van der Waals surface area contributed by atoms with Crippen molar-refractivity contribution < 1.29 is 14.3 Å². The molecule has 1 aliphatic heterocycles. The second-order valence-electron chi connectivity index (χ2n) is 5.93. The standard InChI is InChI=1S/C18H28N4O3.HI/c1-4-19-18(21-12-15-6-5-9-25-15)20-11-14-7-8-17(24-3)16(10-14)22-13(2)23;/h7-8,10,15H,4-6,9,11-12H2,1-3H3,(H,22,23)(H2,19,20,21);1H. The number of guanidine groups is 1. The minimum absolute atomic E-state index is 0. The topological polar surface area (TPSA) is 84.0 Å². The Bertz CT molecular complexity index is 604. The van der Waals surface area contributed by atoms with Crippen LogP contribution in [-0.2, 0) is 16.1 Å². The number of methoxy groups -OCH3 is 1. The molecular formula is C18H29IN4O3. The lowest BCUT2D eigenvalue weighted by Crippen LogP contribution is -2.41. The van der Waals surface area contributed by atoms with Gasteiger partial charge in [0, 0.05) is 26.6 Å². The van der Waals surface area contributed by atoms with Gasteiger partial charge in [-0.1, -0.05) is 6.07 Å². The molecule has 3 N–H and O–H groups in total. The highest BCUT2D eigenvalue weighted by atomic mass is 127. The van der Waals surface area contributed by atoms with Gasteiger partial charge < -0.3 is 25.4 Å². The molecular weight excluding hydrogens is 447 g/mol. The van der Waals surface area contributed by atoms with Crippen LogP contribution in [0.1, 0.15) is 32.3 Å². The van der Waals surface area contributed by atoms with Crippen molar-refractivity contribution in [2.24, 2.45) is 4.99 Å². The number of carbonyl (C=O) groups is 1. The third kappa shape index (κ3) is 7.36. The molecule has 1 heterocycles. The second kappa shape index (κ2) is 11.9. The van der Waals surface area contributed by atoms with Crippen molar-refractivity contribution in [1.29, 1.82) is 0 Å². The molecule has 1 aliphatic rings. The average molecular weight is 476 g/mol. The van der Waals surface area contributed by atoms with E-state index in [2.05, 4.69) is 20.9 Å². The van der Waals surface area contributed by atoms with Crippen LogP contribution in [0.25, 0.3) is 0 Å². The number of aliphatic imine (C=N–C) groups is 1. The van der Waals surface area contributed by atoms with Gasteiger partial charge in [-0.25, -0.2) is 4.99 Å². The zero-order valence-corrected chi connectivity index (χ0v) is 18.0. The van der Waals surface area contributed by atoms with Gasteiger partial charge >= 0.3 is 0 Å². The highest BCUT2D eigenvalue weighted by Gasteiger charge is 2.15. The van der Waals surface area contributed by atoms with E-state index in [9.17, 15) is 4.79 Å². The number of carbonyl (C=O) groups excluding carboxylic acids is 1. The molecule has 1 fully saturated rings. The van der Waals surface area contributed by atoms with E-state index >= 15 is 0 Å². The summed E-state index contributed by atoms with van der Waals surface area (Å²) in [5, 5.41) is 9.34. The van der Waals surface area contributed by atoms with Gasteiger partial charge in [-0.2, -0.15) is 0 Å². The highest BCUT2D eigenvalue weighted by Crippen LogP contribution is 2.25. The van der Waals surface area contributed by atoms with Crippen LogP contribution >= 0.6 is 24.0 Å². The molecule has 1 saturated heterocycles. The normalized spacial score (nSPS) is 16.6. The predicted molar refractivity (Wildman–Crippen MR) is 115 cm³/mol. The first-order valence-corrected chi connectivity index (χ1v) is 8.70. The fourth-order valence-electron chi connectivity index (χ4n) is 2.67. The van der Waals surface area contributed by atoms with E-state index in [1.54, 1.807) is 7.11 Å². The molecule has 2 rings (SSSR count). The quantitative estimate of drug-likeness (QED) is 0.320. The maximum Gasteiger partial charge on any atom is 0.221 e. The Morgan fingerprint density at radius 1 is 1.38 bits per heavy atom. The molecule has 1 aromatic rings. The molecule has 0 spiro atoms. The molecule has 146 valence electrons. The lowest BCUT2D eigenvalue weighted by Gasteiger charge is -2.15. The number of nitrogens with zero attached hydrogens (tertiary/aromatic N) is 1. The number of benzene rings is 1. The molecule has 8 heteroatoms. The fourth-order valence-corrected chi connectivity index (χ4v) is 2.67. The minimum Gasteiger partial charge on any atom is -0.495 e. The lowest BCUT2D eigenvalue weighted by molar-refractivity contribution is -0.114. The van der Waals surface area contributed by atoms with Crippen molar-refractivity contribution in [2.45, 2.75) is 39.3 Å². The molecule has 0 radical (unpaired) electrons. The second-order valence-corrected chi connectivity index (χ2v) is 5.93. The molecule has 0 saturated carbocycles. The van der Waals surface area contributed by atoms with Crippen molar-refractivity contribution in [3.63, 3.8) is 0 Å². The monoisotopic (exact) mass is 476 g/mol. The van der Waals surface area contributed by atoms with Crippen molar-refractivity contribution in [3.05, 3.63) is 23.8 Å². The number of ether oxygens (including phenoxy) is 2. The molecule has 0 aliphatic carbocycles. The summed E-state index contributed by atoms with van der Waals surface area (Å²) >= 11 is 0. The van der Waals surface area contributed by atoms with Gasteiger partial charge in [0.1, 0.15) is 5.75 Å². The Balaban J connectivity index is 0.00000338. The van der Waals surface area contributed by atoms with Gasteiger partial charge in [-0.3, -0.25) is 4.79 Å². The van der Waals surface area contributed by atoms with E-state index in [1.807, 2.05) is 25.1 Å². The van der Waals surface area contributed by atoms with Gasteiger partial charge in [0.05, 0.1) is 25.4 Å². The van der Waals surface area contributed by atoms with Crippen molar-refractivity contribution in [2.75, 3.05) is 32.1 Å². The number of hydrogen-bond donors (Lipinski definition) is 3. The van der Waals surface area contributed by atoms with Gasteiger partial charge in [-0.05, 0) is 37.5 Å². The Morgan fingerprint density at radius 2 is 2.19 bits per heavy atom. The molecule has 1 amide bonds. The Morgan fingerprint density at radius 3 is 2.81 bits per heavy atom. The van der Waals surface area contributed by atoms with Gasteiger partial charge in [-0.15, -0.1) is 24.0 Å². The van der Waals surface area contributed by atoms with Crippen LogP contribution < -0.4 is 20.7 Å². The smallest absolute Gasteiger partial charge is 0.221 e. The van der Waals surface area contributed by atoms with E-state index in [0.717, 1.165) is 44.1 Å². The lowest BCUT2D eigenvalue weighted by atomic mass is 10.2. The SMILES string of the molecule is CCNC(=NCc1ccc(OC)c(NC(C)=O)c1)NCC1CCCO1.I. The van der Waals surface area contributed by atoms with Gasteiger partial charge in [0.15, 0.2) is 5.96 Å². The average Bonchev–Trinajstić information content (AvgIpc) is 3.10. The predicted octanol–water partition coefficient (Wildman–Crippen LogP) is 2.51. The number of halogens is 1. The number of rotatable bonds is 7. The third-order valence-electron chi connectivity index (χ3n) is 3.86. The van der Waals surface area contributed by atoms with E-state index in [0.29, 0.717) is 18.0 Å². The van der Waals surface area contributed by atoms with Crippen molar-refractivity contribution in [1.82, 2.24) is 10.6 Å². The summed E-state index contributed by atoms with van der Waals surface area (Å²) < 4.78 is 10.9. The van der Waals surface area contributed by atoms with Crippen LogP contribution in [0.5, 0.6) is 5.75 Å². The molecule has 26 heavy (non-hydrogen) atoms. The molecule has 1 unspecified atom stereocenters.